The molecular weight excluding hydrogens is 278 g/mol. The van der Waals surface area contributed by atoms with E-state index < -0.39 is 6.10 Å². The Balaban J connectivity index is 1.91. The number of halogens is 1. The van der Waals surface area contributed by atoms with Crippen molar-refractivity contribution in [2.75, 3.05) is 6.54 Å². The van der Waals surface area contributed by atoms with E-state index >= 15 is 0 Å². The zero-order valence-corrected chi connectivity index (χ0v) is 11.8. The van der Waals surface area contributed by atoms with Gasteiger partial charge in [-0.2, -0.15) is 0 Å². The molecule has 5 heteroatoms. The second-order valence-electron chi connectivity index (χ2n) is 4.55. The van der Waals surface area contributed by atoms with E-state index in [1.54, 1.807) is 37.3 Å². The van der Waals surface area contributed by atoms with E-state index in [1.165, 1.54) is 6.26 Å². The lowest BCUT2D eigenvalue weighted by Gasteiger charge is -2.14. The fraction of sp³-hybridized carbons (Fsp3) is 0.267. The van der Waals surface area contributed by atoms with Crippen molar-refractivity contribution < 1.29 is 14.3 Å². The average molecular weight is 294 g/mol. The van der Waals surface area contributed by atoms with E-state index in [9.17, 15) is 9.90 Å². The predicted molar refractivity (Wildman–Crippen MR) is 76.5 cm³/mol. The number of carbonyl (C=O) groups is 1. The van der Waals surface area contributed by atoms with Crippen molar-refractivity contribution in [1.29, 1.82) is 0 Å². The normalized spacial score (nSPS) is 13.8. The fourth-order valence-corrected chi connectivity index (χ4v) is 2.06. The first-order valence-electron chi connectivity index (χ1n) is 6.32. The Bertz CT molecular complexity index is 568. The molecule has 20 heavy (non-hydrogen) atoms. The lowest BCUT2D eigenvalue weighted by molar-refractivity contribution is -0.122. The third kappa shape index (κ3) is 3.62. The van der Waals surface area contributed by atoms with Crippen LogP contribution in [0.1, 0.15) is 30.3 Å². The second kappa shape index (κ2) is 6.59. The van der Waals surface area contributed by atoms with Gasteiger partial charge in [0.25, 0.3) is 0 Å². The molecule has 0 bridgehead atoms. The minimum absolute atomic E-state index is 0.108. The molecular formula is C15H16ClNO3. The number of nitrogens with one attached hydrogen (secondary N) is 1. The summed E-state index contributed by atoms with van der Waals surface area (Å²) in [7, 11) is 0. The van der Waals surface area contributed by atoms with Gasteiger partial charge in [0.2, 0.25) is 5.91 Å². The minimum atomic E-state index is -0.847. The lowest BCUT2D eigenvalue weighted by atomic mass is 10.0. The fourth-order valence-electron chi connectivity index (χ4n) is 1.86. The third-order valence-corrected chi connectivity index (χ3v) is 3.32. The van der Waals surface area contributed by atoms with Gasteiger partial charge in [-0.1, -0.05) is 23.7 Å². The van der Waals surface area contributed by atoms with Crippen molar-refractivity contribution in [2.45, 2.75) is 18.9 Å². The number of hydrogen-bond acceptors (Lipinski definition) is 3. The van der Waals surface area contributed by atoms with Crippen LogP contribution in [0.3, 0.4) is 0 Å². The summed E-state index contributed by atoms with van der Waals surface area (Å²) in [6.45, 7) is 1.90. The quantitative estimate of drug-likeness (QED) is 0.891. The molecule has 0 spiro atoms. The van der Waals surface area contributed by atoms with Gasteiger partial charge in [0.05, 0.1) is 18.7 Å². The molecule has 2 rings (SSSR count). The standard InChI is InChI=1S/C15H16ClNO3/c1-10(11-4-2-5-12(16)8-11)15(19)17-9-13(18)14-6-3-7-20-14/h2-8,10,13,18H,9H2,1H3,(H,17,19)/t10-,13-/m0/s1. The molecule has 0 aliphatic heterocycles. The number of benzene rings is 1. The maximum atomic E-state index is 12.0. The van der Waals surface area contributed by atoms with E-state index in [1.807, 2.05) is 6.07 Å². The molecule has 2 atom stereocenters. The van der Waals surface area contributed by atoms with E-state index in [0.29, 0.717) is 10.8 Å². The van der Waals surface area contributed by atoms with Gasteiger partial charge >= 0.3 is 0 Å². The maximum absolute atomic E-state index is 12.0. The zero-order chi connectivity index (χ0) is 14.5. The number of carbonyl (C=O) groups excluding carboxylic acids is 1. The Morgan fingerprint density at radius 2 is 2.20 bits per heavy atom. The van der Waals surface area contributed by atoms with Crippen molar-refractivity contribution in [1.82, 2.24) is 5.32 Å². The van der Waals surface area contributed by atoms with Gasteiger partial charge < -0.3 is 14.8 Å². The SMILES string of the molecule is C[C@H](C(=O)NC[C@H](O)c1ccco1)c1cccc(Cl)c1. The van der Waals surface area contributed by atoms with Crippen LogP contribution >= 0.6 is 11.6 Å². The van der Waals surface area contributed by atoms with Gasteiger partial charge in [-0.3, -0.25) is 4.79 Å². The van der Waals surface area contributed by atoms with Crippen molar-refractivity contribution in [2.24, 2.45) is 0 Å². The maximum Gasteiger partial charge on any atom is 0.227 e. The number of aliphatic hydroxyl groups is 1. The van der Waals surface area contributed by atoms with Crippen molar-refractivity contribution in [3.63, 3.8) is 0 Å². The number of amides is 1. The van der Waals surface area contributed by atoms with Gasteiger partial charge in [0, 0.05) is 5.02 Å². The van der Waals surface area contributed by atoms with Crippen LogP contribution in [0.5, 0.6) is 0 Å². The van der Waals surface area contributed by atoms with Gasteiger partial charge in [0.1, 0.15) is 11.9 Å². The van der Waals surface area contributed by atoms with Crippen LogP contribution in [0, 0.1) is 0 Å². The van der Waals surface area contributed by atoms with Gasteiger partial charge in [-0.05, 0) is 36.8 Å². The summed E-state index contributed by atoms with van der Waals surface area (Å²) >= 11 is 5.90. The molecule has 0 aliphatic rings. The molecule has 2 aromatic rings. The molecule has 0 unspecified atom stereocenters. The second-order valence-corrected chi connectivity index (χ2v) is 4.99. The highest BCUT2D eigenvalue weighted by Crippen LogP contribution is 2.20. The Morgan fingerprint density at radius 3 is 2.85 bits per heavy atom. The molecule has 106 valence electrons. The summed E-state index contributed by atoms with van der Waals surface area (Å²) in [4.78, 5) is 12.0. The molecule has 0 saturated heterocycles. The topological polar surface area (TPSA) is 62.5 Å². The number of hydrogen-bond donors (Lipinski definition) is 2. The Kier molecular flexibility index (Phi) is 4.82. The van der Waals surface area contributed by atoms with Gasteiger partial charge in [-0.15, -0.1) is 0 Å². The minimum Gasteiger partial charge on any atom is -0.467 e. The molecule has 1 aromatic carbocycles. The van der Waals surface area contributed by atoms with E-state index in [-0.39, 0.29) is 18.4 Å². The van der Waals surface area contributed by atoms with Crippen LogP contribution in [0.2, 0.25) is 5.02 Å². The molecule has 1 aromatic heterocycles. The van der Waals surface area contributed by atoms with E-state index in [0.717, 1.165) is 5.56 Å². The summed E-state index contributed by atoms with van der Waals surface area (Å²) < 4.78 is 5.07. The Hall–Kier alpha value is -1.78. The number of rotatable bonds is 5. The van der Waals surface area contributed by atoms with Crippen molar-refractivity contribution >= 4 is 17.5 Å². The third-order valence-electron chi connectivity index (χ3n) is 3.08. The highest BCUT2D eigenvalue weighted by molar-refractivity contribution is 6.30. The highest BCUT2D eigenvalue weighted by Gasteiger charge is 2.17. The number of furan rings is 1. The molecule has 2 N–H and O–H groups in total. The first-order chi connectivity index (χ1) is 9.58. The monoisotopic (exact) mass is 293 g/mol. The van der Waals surface area contributed by atoms with E-state index in [2.05, 4.69) is 5.32 Å². The average Bonchev–Trinajstić information content (AvgIpc) is 2.97. The number of aliphatic hydroxyl groups excluding tert-OH is 1. The first kappa shape index (κ1) is 14.6. The summed E-state index contributed by atoms with van der Waals surface area (Å²) in [6, 6.07) is 10.5. The molecule has 1 heterocycles. The van der Waals surface area contributed by atoms with Gasteiger partial charge in [-0.25, -0.2) is 0 Å². The van der Waals surface area contributed by atoms with Crippen LogP contribution in [0.25, 0.3) is 0 Å². The van der Waals surface area contributed by atoms with Crippen LogP contribution in [0.15, 0.2) is 47.1 Å². The van der Waals surface area contributed by atoms with Crippen LogP contribution in [0.4, 0.5) is 0 Å². The predicted octanol–water partition coefficient (Wildman–Crippen LogP) is 2.89. The highest BCUT2D eigenvalue weighted by atomic mass is 35.5. The summed E-state index contributed by atoms with van der Waals surface area (Å²) in [6.07, 6.45) is 0.634. The Labute approximate surface area is 122 Å². The molecule has 0 radical (unpaired) electrons. The smallest absolute Gasteiger partial charge is 0.227 e. The first-order valence-corrected chi connectivity index (χ1v) is 6.70. The molecule has 0 saturated carbocycles. The molecule has 0 fully saturated rings. The summed E-state index contributed by atoms with van der Waals surface area (Å²) in [5.74, 6) is -0.0731. The Morgan fingerprint density at radius 1 is 1.40 bits per heavy atom. The largest absolute Gasteiger partial charge is 0.467 e. The van der Waals surface area contributed by atoms with Crippen molar-refractivity contribution in [3.05, 3.63) is 59.0 Å². The van der Waals surface area contributed by atoms with E-state index in [4.69, 9.17) is 16.0 Å². The summed E-state index contributed by atoms with van der Waals surface area (Å²) in [5.41, 5.74) is 0.836. The summed E-state index contributed by atoms with van der Waals surface area (Å²) in [5, 5.41) is 13.1. The molecule has 0 aliphatic carbocycles. The molecule has 1 amide bonds. The zero-order valence-electron chi connectivity index (χ0n) is 11.0. The van der Waals surface area contributed by atoms with Gasteiger partial charge in [0.15, 0.2) is 0 Å². The molecule has 4 nitrogen and oxygen atoms in total. The van der Waals surface area contributed by atoms with Crippen LogP contribution in [-0.2, 0) is 4.79 Å². The van der Waals surface area contributed by atoms with Crippen molar-refractivity contribution in [3.8, 4) is 0 Å². The lowest BCUT2D eigenvalue weighted by Crippen LogP contribution is -2.31. The van der Waals surface area contributed by atoms with Crippen LogP contribution < -0.4 is 5.32 Å². The van der Waals surface area contributed by atoms with Crippen LogP contribution in [-0.4, -0.2) is 17.6 Å².